The van der Waals surface area contributed by atoms with Crippen LogP contribution in [-0.4, -0.2) is 58.8 Å². The number of rotatable bonds is 7. The van der Waals surface area contributed by atoms with Crippen molar-refractivity contribution in [1.29, 1.82) is 0 Å². The Bertz CT molecular complexity index is 958. The molecule has 1 saturated heterocycles. The van der Waals surface area contributed by atoms with E-state index in [0.717, 1.165) is 48.6 Å². The molecule has 1 aliphatic heterocycles. The first-order valence-corrected chi connectivity index (χ1v) is 10.5. The molecule has 2 heterocycles. The first-order valence-electron chi connectivity index (χ1n) is 10.5. The fourth-order valence-corrected chi connectivity index (χ4v) is 3.83. The molecule has 1 fully saturated rings. The van der Waals surface area contributed by atoms with Gasteiger partial charge < -0.3 is 14.4 Å². The van der Waals surface area contributed by atoms with E-state index in [1.807, 2.05) is 13.8 Å². The summed E-state index contributed by atoms with van der Waals surface area (Å²) in [4.78, 5) is 38.0. The highest BCUT2D eigenvalue weighted by Gasteiger charge is 2.26. The average molecular weight is 428 g/mol. The zero-order valence-corrected chi connectivity index (χ0v) is 18.5. The van der Waals surface area contributed by atoms with Crippen molar-refractivity contribution >= 4 is 17.8 Å². The van der Waals surface area contributed by atoms with Crippen LogP contribution in [0.1, 0.15) is 53.5 Å². The van der Waals surface area contributed by atoms with Crippen molar-refractivity contribution in [2.45, 2.75) is 52.6 Å². The molecule has 0 N–H and O–H groups in total. The molecule has 0 bridgehead atoms. The topological polar surface area (TPSA) is 90.7 Å². The number of esters is 2. The Balaban J connectivity index is 1.67. The lowest BCUT2D eigenvalue weighted by Crippen LogP contribution is -2.38. The van der Waals surface area contributed by atoms with E-state index in [2.05, 4.69) is 5.10 Å². The van der Waals surface area contributed by atoms with Crippen LogP contribution in [0.15, 0.2) is 24.3 Å². The van der Waals surface area contributed by atoms with Gasteiger partial charge in [0.15, 0.2) is 6.10 Å². The minimum absolute atomic E-state index is 0.149. The first kappa shape index (κ1) is 22.5. The van der Waals surface area contributed by atoms with Crippen LogP contribution in [0, 0.1) is 13.8 Å². The maximum Gasteiger partial charge on any atom is 0.338 e. The van der Waals surface area contributed by atoms with Gasteiger partial charge in [-0.1, -0.05) is 0 Å². The standard InChI is InChI=1S/C23H29N3O5/c1-15-20(11-12-21(27)30-4)16(2)26(24-15)19-9-7-18(8-10-19)23(29)31-17(3)22(28)25-13-5-6-14-25/h7-10,17H,5-6,11-14H2,1-4H3. The fraction of sp³-hybridized carbons (Fsp3) is 0.478. The van der Waals surface area contributed by atoms with Gasteiger partial charge in [-0.05, 0) is 69.9 Å². The van der Waals surface area contributed by atoms with E-state index in [9.17, 15) is 14.4 Å². The van der Waals surface area contributed by atoms with Crippen molar-refractivity contribution in [3.63, 3.8) is 0 Å². The SMILES string of the molecule is COC(=O)CCc1c(C)nn(-c2ccc(C(=O)OC(C)C(=O)N3CCCC3)cc2)c1C. The molecular formula is C23H29N3O5. The van der Waals surface area contributed by atoms with E-state index in [1.165, 1.54) is 7.11 Å². The second-order valence-corrected chi connectivity index (χ2v) is 7.76. The summed E-state index contributed by atoms with van der Waals surface area (Å²) in [6.45, 7) is 6.90. The molecule has 3 rings (SSSR count). The Morgan fingerprint density at radius 3 is 2.35 bits per heavy atom. The number of benzene rings is 1. The van der Waals surface area contributed by atoms with Gasteiger partial charge in [0, 0.05) is 25.2 Å². The van der Waals surface area contributed by atoms with E-state index in [4.69, 9.17) is 9.47 Å². The second kappa shape index (κ2) is 9.76. The second-order valence-electron chi connectivity index (χ2n) is 7.76. The number of carbonyl (C=O) groups excluding carboxylic acids is 3. The summed E-state index contributed by atoms with van der Waals surface area (Å²) in [5.41, 5.74) is 3.95. The summed E-state index contributed by atoms with van der Waals surface area (Å²) in [5, 5.41) is 4.57. The van der Waals surface area contributed by atoms with Gasteiger partial charge in [-0.2, -0.15) is 5.10 Å². The monoisotopic (exact) mass is 427 g/mol. The van der Waals surface area contributed by atoms with Crippen molar-refractivity contribution in [2.24, 2.45) is 0 Å². The third-order valence-electron chi connectivity index (χ3n) is 5.64. The number of aryl methyl sites for hydroxylation is 1. The molecule has 166 valence electrons. The molecule has 0 aliphatic carbocycles. The lowest BCUT2D eigenvalue weighted by Gasteiger charge is -2.20. The minimum atomic E-state index is -0.807. The van der Waals surface area contributed by atoms with Gasteiger partial charge in [0.25, 0.3) is 5.91 Å². The predicted molar refractivity (Wildman–Crippen MR) is 114 cm³/mol. The summed E-state index contributed by atoms with van der Waals surface area (Å²) >= 11 is 0. The van der Waals surface area contributed by atoms with Crippen LogP contribution in [0.5, 0.6) is 0 Å². The normalized spacial score (nSPS) is 14.4. The van der Waals surface area contributed by atoms with Crippen molar-refractivity contribution in [1.82, 2.24) is 14.7 Å². The maximum atomic E-state index is 12.5. The number of methoxy groups -OCH3 is 1. The predicted octanol–water partition coefficient (Wildman–Crippen LogP) is 2.76. The van der Waals surface area contributed by atoms with Crippen molar-refractivity contribution in [3.05, 3.63) is 46.8 Å². The van der Waals surface area contributed by atoms with Crippen LogP contribution in [0.2, 0.25) is 0 Å². The maximum absolute atomic E-state index is 12.5. The summed E-state index contributed by atoms with van der Waals surface area (Å²) in [7, 11) is 1.38. The molecule has 1 amide bonds. The zero-order chi connectivity index (χ0) is 22.5. The molecule has 0 radical (unpaired) electrons. The molecule has 8 nitrogen and oxygen atoms in total. The summed E-state index contributed by atoms with van der Waals surface area (Å²) < 4.78 is 11.9. The minimum Gasteiger partial charge on any atom is -0.469 e. The van der Waals surface area contributed by atoms with E-state index >= 15 is 0 Å². The Hall–Kier alpha value is -3.16. The van der Waals surface area contributed by atoms with Gasteiger partial charge in [0.1, 0.15) is 0 Å². The molecule has 0 saturated carbocycles. The molecular weight excluding hydrogens is 398 g/mol. The van der Waals surface area contributed by atoms with Crippen molar-refractivity contribution in [2.75, 3.05) is 20.2 Å². The van der Waals surface area contributed by atoms with E-state index in [0.29, 0.717) is 18.4 Å². The molecule has 1 aromatic heterocycles. The van der Waals surface area contributed by atoms with Crippen LogP contribution in [0.4, 0.5) is 0 Å². The highest BCUT2D eigenvalue weighted by atomic mass is 16.5. The van der Waals surface area contributed by atoms with Gasteiger partial charge in [0.05, 0.1) is 24.1 Å². The Kier molecular flexibility index (Phi) is 7.09. The number of nitrogens with zero attached hydrogens (tertiary/aromatic N) is 3. The lowest BCUT2D eigenvalue weighted by molar-refractivity contribution is -0.140. The summed E-state index contributed by atoms with van der Waals surface area (Å²) in [6, 6.07) is 6.89. The fourth-order valence-electron chi connectivity index (χ4n) is 3.83. The number of hydrogen-bond donors (Lipinski definition) is 0. The summed E-state index contributed by atoms with van der Waals surface area (Å²) in [6.07, 6.45) is 2.02. The molecule has 0 spiro atoms. The number of likely N-dealkylation sites (tertiary alicyclic amines) is 1. The van der Waals surface area contributed by atoms with Crippen LogP contribution < -0.4 is 0 Å². The highest BCUT2D eigenvalue weighted by Crippen LogP contribution is 2.20. The quantitative estimate of drug-likeness (QED) is 0.631. The van der Waals surface area contributed by atoms with Crippen molar-refractivity contribution < 1.29 is 23.9 Å². The first-order chi connectivity index (χ1) is 14.8. The average Bonchev–Trinajstić information content (AvgIpc) is 3.40. The molecule has 1 aliphatic rings. The lowest BCUT2D eigenvalue weighted by atomic mass is 10.1. The third kappa shape index (κ3) is 5.13. The number of hydrogen-bond acceptors (Lipinski definition) is 6. The van der Waals surface area contributed by atoms with Crippen LogP contribution in [-0.2, 0) is 25.5 Å². The van der Waals surface area contributed by atoms with Gasteiger partial charge in [-0.3, -0.25) is 9.59 Å². The van der Waals surface area contributed by atoms with Gasteiger partial charge in [-0.15, -0.1) is 0 Å². The smallest absolute Gasteiger partial charge is 0.338 e. The van der Waals surface area contributed by atoms with Crippen LogP contribution in [0.25, 0.3) is 5.69 Å². The number of aromatic nitrogens is 2. The van der Waals surface area contributed by atoms with Crippen molar-refractivity contribution in [3.8, 4) is 5.69 Å². The van der Waals surface area contributed by atoms with E-state index in [-0.39, 0.29) is 11.9 Å². The number of ether oxygens (including phenoxy) is 2. The number of amides is 1. The van der Waals surface area contributed by atoms with E-state index < -0.39 is 12.1 Å². The zero-order valence-electron chi connectivity index (χ0n) is 18.5. The Morgan fingerprint density at radius 2 is 1.74 bits per heavy atom. The van der Waals surface area contributed by atoms with Crippen LogP contribution in [0.3, 0.4) is 0 Å². The summed E-state index contributed by atoms with van der Waals surface area (Å²) in [5.74, 6) is -0.935. The third-order valence-corrected chi connectivity index (χ3v) is 5.64. The molecule has 8 heteroatoms. The largest absolute Gasteiger partial charge is 0.469 e. The van der Waals surface area contributed by atoms with Gasteiger partial charge in [-0.25, -0.2) is 9.48 Å². The van der Waals surface area contributed by atoms with E-state index in [1.54, 1.807) is 40.8 Å². The molecule has 1 atom stereocenters. The number of carbonyl (C=O) groups is 3. The van der Waals surface area contributed by atoms with Crippen LogP contribution >= 0.6 is 0 Å². The van der Waals surface area contributed by atoms with Gasteiger partial charge >= 0.3 is 11.9 Å². The molecule has 2 aromatic rings. The Labute approximate surface area is 182 Å². The molecule has 31 heavy (non-hydrogen) atoms. The highest BCUT2D eigenvalue weighted by molar-refractivity contribution is 5.92. The van der Waals surface area contributed by atoms with Gasteiger partial charge in [0.2, 0.25) is 0 Å². The molecule has 1 unspecified atom stereocenters. The Morgan fingerprint density at radius 1 is 1.10 bits per heavy atom. The molecule has 1 aromatic carbocycles.